The Hall–Kier alpha value is -7.24. The molecule has 8 aromatic carbocycles. The molecule has 0 amide bonds. The van der Waals surface area contributed by atoms with Gasteiger partial charge in [0.05, 0.1) is 10.8 Å². The van der Waals surface area contributed by atoms with Crippen molar-refractivity contribution >= 4 is 43.5 Å². The fourth-order valence-corrected chi connectivity index (χ4v) is 7.10. The van der Waals surface area contributed by atoms with Crippen molar-refractivity contribution in [3.05, 3.63) is 186 Å². The number of hydrogen-bond donors (Lipinski definition) is 0. The van der Waals surface area contributed by atoms with Gasteiger partial charge in [0.1, 0.15) is 11.2 Å². The Balaban J connectivity index is 1.03. The van der Waals surface area contributed by atoms with E-state index in [2.05, 4.69) is 97.1 Å². The molecule has 5 heteroatoms. The Morgan fingerprint density at radius 2 is 0.774 bits per heavy atom. The minimum Gasteiger partial charge on any atom is -0.456 e. The van der Waals surface area contributed by atoms with E-state index < -0.39 is 0 Å². The lowest BCUT2D eigenvalue weighted by atomic mass is 9.98. The van der Waals surface area contributed by atoms with Crippen molar-refractivity contribution in [3.8, 4) is 56.4 Å². The predicted molar refractivity (Wildman–Crippen MR) is 216 cm³/mol. The van der Waals surface area contributed by atoms with Crippen LogP contribution in [0.5, 0.6) is 0 Å². The number of rotatable bonds is 5. The maximum Gasteiger partial charge on any atom is 0.200 e. The molecule has 2 aromatic heterocycles. The van der Waals surface area contributed by atoms with Crippen molar-refractivity contribution in [1.82, 2.24) is 15.0 Å². The van der Waals surface area contributed by atoms with Crippen LogP contribution in [0.4, 0.5) is 0 Å². The molecule has 0 N–H and O–H groups in total. The smallest absolute Gasteiger partial charge is 0.200 e. The first-order valence-corrected chi connectivity index (χ1v) is 17.5. The van der Waals surface area contributed by atoms with Gasteiger partial charge in [-0.3, -0.25) is 4.79 Å². The lowest BCUT2D eigenvalue weighted by Crippen LogP contribution is -2.01. The quantitative estimate of drug-likeness (QED) is 0.169. The van der Waals surface area contributed by atoms with Crippen LogP contribution < -0.4 is 5.43 Å². The Morgan fingerprint density at radius 1 is 0.321 bits per heavy atom. The molecule has 248 valence electrons. The summed E-state index contributed by atoms with van der Waals surface area (Å²) in [5.74, 6) is 1.85. The zero-order valence-electron chi connectivity index (χ0n) is 28.4. The normalized spacial score (nSPS) is 11.5. The highest BCUT2D eigenvalue weighted by Crippen LogP contribution is 2.32. The van der Waals surface area contributed by atoms with Crippen molar-refractivity contribution in [3.63, 3.8) is 0 Å². The van der Waals surface area contributed by atoms with Crippen molar-refractivity contribution in [2.24, 2.45) is 0 Å². The second-order valence-corrected chi connectivity index (χ2v) is 13.2. The van der Waals surface area contributed by atoms with Gasteiger partial charge in [0, 0.05) is 16.7 Å². The van der Waals surface area contributed by atoms with Gasteiger partial charge in [0.2, 0.25) is 5.43 Å². The van der Waals surface area contributed by atoms with E-state index in [1.54, 1.807) is 0 Å². The number of nitrogens with zero attached hydrogens (tertiary/aromatic N) is 3. The average Bonchev–Trinajstić information content (AvgIpc) is 3.23. The molecule has 5 nitrogen and oxygen atoms in total. The van der Waals surface area contributed by atoms with E-state index in [-0.39, 0.29) is 5.43 Å². The highest BCUT2D eigenvalue weighted by atomic mass is 16.3. The summed E-state index contributed by atoms with van der Waals surface area (Å²) in [4.78, 5) is 28.4. The van der Waals surface area contributed by atoms with Gasteiger partial charge in [0.15, 0.2) is 17.5 Å². The molecule has 0 aliphatic carbocycles. The maximum absolute atomic E-state index is 13.3. The van der Waals surface area contributed by atoms with Crippen molar-refractivity contribution in [2.75, 3.05) is 0 Å². The van der Waals surface area contributed by atoms with E-state index in [0.717, 1.165) is 49.7 Å². The fourth-order valence-electron chi connectivity index (χ4n) is 7.10. The molecule has 0 spiro atoms. The summed E-state index contributed by atoms with van der Waals surface area (Å²) in [5, 5.41) is 5.74. The topological polar surface area (TPSA) is 68.9 Å². The molecule has 10 aromatic rings. The molecular formula is C48H29N3O2. The molecule has 0 fully saturated rings. The van der Waals surface area contributed by atoms with E-state index in [1.807, 2.05) is 78.9 Å². The molecule has 0 aliphatic rings. The second kappa shape index (κ2) is 12.5. The van der Waals surface area contributed by atoms with Gasteiger partial charge in [-0.1, -0.05) is 133 Å². The SMILES string of the molecule is O=c1c2ccccc2oc2ccc(-c3ccc(-c4cccc(-c5nc(-c6ccc7ccccc7c6)nc(-c6ccc7ccccc7c6)n5)c4)cc3)cc12. The third-order valence-electron chi connectivity index (χ3n) is 9.90. The molecular weight excluding hydrogens is 651 g/mol. The molecule has 10 rings (SSSR count). The minimum atomic E-state index is -0.0250. The van der Waals surface area contributed by atoms with E-state index in [0.29, 0.717) is 39.4 Å². The molecule has 53 heavy (non-hydrogen) atoms. The summed E-state index contributed by atoms with van der Waals surface area (Å²) in [5.41, 5.74) is 7.97. The zero-order chi connectivity index (χ0) is 35.3. The van der Waals surface area contributed by atoms with E-state index in [4.69, 9.17) is 19.4 Å². The van der Waals surface area contributed by atoms with Crippen LogP contribution in [-0.2, 0) is 0 Å². The van der Waals surface area contributed by atoms with E-state index >= 15 is 0 Å². The Labute approximate surface area is 304 Å². The van der Waals surface area contributed by atoms with E-state index in [1.165, 1.54) is 10.8 Å². The Kier molecular flexibility index (Phi) is 7.22. The molecule has 0 atom stereocenters. The molecule has 0 radical (unpaired) electrons. The van der Waals surface area contributed by atoms with Crippen LogP contribution in [0.3, 0.4) is 0 Å². The van der Waals surface area contributed by atoms with Crippen molar-refractivity contribution < 1.29 is 4.42 Å². The van der Waals surface area contributed by atoms with Crippen LogP contribution in [-0.4, -0.2) is 15.0 Å². The molecule has 0 saturated carbocycles. The van der Waals surface area contributed by atoms with Gasteiger partial charge in [-0.25, -0.2) is 15.0 Å². The number of hydrogen-bond acceptors (Lipinski definition) is 5. The number of benzene rings is 8. The van der Waals surface area contributed by atoms with Gasteiger partial charge in [-0.2, -0.15) is 0 Å². The largest absolute Gasteiger partial charge is 0.456 e. The third-order valence-corrected chi connectivity index (χ3v) is 9.90. The summed E-state index contributed by atoms with van der Waals surface area (Å²) in [6.45, 7) is 0. The highest BCUT2D eigenvalue weighted by molar-refractivity contribution is 5.92. The van der Waals surface area contributed by atoms with Crippen LogP contribution in [0.1, 0.15) is 0 Å². The molecule has 0 aliphatic heterocycles. The van der Waals surface area contributed by atoms with Crippen LogP contribution >= 0.6 is 0 Å². The lowest BCUT2D eigenvalue weighted by Gasteiger charge is -2.11. The summed E-state index contributed by atoms with van der Waals surface area (Å²) >= 11 is 0. The summed E-state index contributed by atoms with van der Waals surface area (Å²) < 4.78 is 6.03. The molecule has 0 saturated heterocycles. The van der Waals surface area contributed by atoms with Crippen LogP contribution in [0.15, 0.2) is 185 Å². The lowest BCUT2D eigenvalue weighted by molar-refractivity contribution is 0.660. The first kappa shape index (κ1) is 30.6. The van der Waals surface area contributed by atoms with Gasteiger partial charge >= 0.3 is 0 Å². The fraction of sp³-hybridized carbons (Fsp3) is 0. The van der Waals surface area contributed by atoms with Crippen molar-refractivity contribution in [1.29, 1.82) is 0 Å². The Bertz CT molecular complexity index is 3000. The number of aromatic nitrogens is 3. The standard InChI is InChI=1S/C48H29N3O2/c52-45-41-14-5-6-15-43(41)53-44-25-24-37(29-42(44)45)33-18-16-32(17-19-33)36-12-7-13-38(26-36)46-49-47(39-22-20-30-8-1-3-10-34(30)27-39)51-48(50-46)40-23-21-31-9-2-4-11-35(31)28-40/h1-29H. The minimum absolute atomic E-state index is 0.0250. The third kappa shape index (κ3) is 5.61. The highest BCUT2D eigenvalue weighted by Gasteiger charge is 2.15. The van der Waals surface area contributed by atoms with Crippen molar-refractivity contribution in [2.45, 2.75) is 0 Å². The van der Waals surface area contributed by atoms with Crippen LogP contribution in [0.2, 0.25) is 0 Å². The summed E-state index contributed by atoms with van der Waals surface area (Å²) in [6, 6.07) is 59.2. The second-order valence-electron chi connectivity index (χ2n) is 13.2. The summed E-state index contributed by atoms with van der Waals surface area (Å²) in [7, 11) is 0. The maximum atomic E-state index is 13.3. The average molecular weight is 680 g/mol. The predicted octanol–water partition coefficient (Wildman–Crippen LogP) is 11.8. The van der Waals surface area contributed by atoms with E-state index in [9.17, 15) is 4.79 Å². The Morgan fingerprint density at radius 3 is 1.40 bits per heavy atom. The first-order chi connectivity index (χ1) is 26.1. The van der Waals surface area contributed by atoms with Gasteiger partial charge < -0.3 is 4.42 Å². The zero-order valence-corrected chi connectivity index (χ0v) is 28.4. The monoisotopic (exact) mass is 679 g/mol. The molecule has 0 bridgehead atoms. The molecule has 0 unspecified atom stereocenters. The molecule has 2 heterocycles. The van der Waals surface area contributed by atoms with Gasteiger partial charge in [-0.15, -0.1) is 0 Å². The number of para-hydroxylation sites is 1. The van der Waals surface area contributed by atoms with Gasteiger partial charge in [0.25, 0.3) is 0 Å². The van der Waals surface area contributed by atoms with Crippen LogP contribution in [0.25, 0.3) is 99.9 Å². The summed E-state index contributed by atoms with van der Waals surface area (Å²) in [6.07, 6.45) is 0. The van der Waals surface area contributed by atoms with Gasteiger partial charge in [-0.05, 0) is 86.3 Å². The first-order valence-electron chi connectivity index (χ1n) is 17.5. The van der Waals surface area contributed by atoms with Crippen LogP contribution in [0, 0.1) is 0 Å². The number of fused-ring (bicyclic) bond motifs is 4.